The minimum absolute atomic E-state index is 0.108. The Morgan fingerprint density at radius 3 is 2.75 bits per heavy atom. The Balaban J connectivity index is 2.09. The van der Waals surface area contributed by atoms with E-state index in [9.17, 15) is 4.79 Å². The van der Waals surface area contributed by atoms with Crippen LogP contribution in [0.4, 0.5) is 5.69 Å². The Labute approximate surface area is 119 Å². The molecular formula is C15H20N4O. The highest BCUT2D eigenvalue weighted by Gasteiger charge is 2.10. The van der Waals surface area contributed by atoms with Crippen molar-refractivity contribution in [2.45, 2.75) is 13.5 Å². The number of anilines is 1. The van der Waals surface area contributed by atoms with E-state index in [0.717, 1.165) is 11.3 Å². The van der Waals surface area contributed by atoms with E-state index >= 15 is 0 Å². The minimum Gasteiger partial charge on any atom is -0.377 e. The largest absolute Gasteiger partial charge is 0.377 e. The zero-order valence-corrected chi connectivity index (χ0v) is 12.3. The normalized spacial score (nSPS) is 10.4. The van der Waals surface area contributed by atoms with E-state index in [1.54, 1.807) is 24.1 Å². The predicted octanol–water partition coefficient (Wildman–Crippen LogP) is 1.72. The first-order valence-corrected chi connectivity index (χ1v) is 6.51. The summed E-state index contributed by atoms with van der Waals surface area (Å²) in [4.78, 5) is 14.1. The molecule has 1 aromatic heterocycles. The fourth-order valence-corrected chi connectivity index (χ4v) is 2.06. The van der Waals surface area contributed by atoms with Crippen molar-refractivity contribution >= 4 is 11.6 Å². The number of amides is 1. The van der Waals surface area contributed by atoms with Gasteiger partial charge in [-0.1, -0.05) is 12.1 Å². The first-order valence-electron chi connectivity index (χ1n) is 6.51. The van der Waals surface area contributed by atoms with Gasteiger partial charge in [0.25, 0.3) is 5.91 Å². The summed E-state index contributed by atoms with van der Waals surface area (Å²) < 4.78 is 1.62. The van der Waals surface area contributed by atoms with Crippen LogP contribution in [0, 0.1) is 6.92 Å². The molecule has 2 rings (SSSR count). The fraction of sp³-hybridized carbons (Fsp3) is 0.333. The van der Waals surface area contributed by atoms with Crippen molar-refractivity contribution < 1.29 is 4.79 Å². The molecule has 5 heteroatoms. The third-order valence-electron chi connectivity index (χ3n) is 3.13. The number of hydrogen-bond acceptors (Lipinski definition) is 3. The Morgan fingerprint density at radius 2 is 2.15 bits per heavy atom. The molecule has 0 aliphatic rings. The molecule has 0 atom stereocenters. The van der Waals surface area contributed by atoms with Gasteiger partial charge in [0.15, 0.2) is 0 Å². The van der Waals surface area contributed by atoms with Gasteiger partial charge < -0.3 is 10.2 Å². The van der Waals surface area contributed by atoms with E-state index in [0.29, 0.717) is 12.1 Å². The number of benzene rings is 1. The lowest BCUT2D eigenvalue weighted by molar-refractivity contribution is 0.0951. The molecule has 0 aliphatic carbocycles. The van der Waals surface area contributed by atoms with Crippen LogP contribution in [0.5, 0.6) is 0 Å². The predicted molar refractivity (Wildman–Crippen MR) is 79.9 cm³/mol. The lowest BCUT2D eigenvalue weighted by Crippen LogP contribution is -2.24. The minimum atomic E-state index is -0.108. The Bertz CT molecular complexity index is 616. The summed E-state index contributed by atoms with van der Waals surface area (Å²) in [6, 6.07) is 6.22. The Hall–Kier alpha value is -2.30. The molecule has 0 fully saturated rings. The van der Waals surface area contributed by atoms with Crippen molar-refractivity contribution in [3.63, 3.8) is 0 Å². The summed E-state index contributed by atoms with van der Waals surface area (Å²) in [6.45, 7) is 2.56. The second-order valence-electron chi connectivity index (χ2n) is 5.11. The maximum absolute atomic E-state index is 12.0. The van der Waals surface area contributed by atoms with Crippen LogP contribution >= 0.6 is 0 Å². The molecule has 5 nitrogen and oxygen atoms in total. The lowest BCUT2D eigenvalue weighted by Gasteiger charge is -2.18. The summed E-state index contributed by atoms with van der Waals surface area (Å²) in [5.41, 5.74) is 4.00. The van der Waals surface area contributed by atoms with Gasteiger partial charge in [0.2, 0.25) is 0 Å². The van der Waals surface area contributed by atoms with Crippen LogP contribution < -0.4 is 10.2 Å². The van der Waals surface area contributed by atoms with Crippen LogP contribution in [-0.2, 0) is 13.6 Å². The number of rotatable bonds is 4. The van der Waals surface area contributed by atoms with Gasteiger partial charge in [0, 0.05) is 39.6 Å². The number of carbonyl (C=O) groups excluding carboxylic acids is 1. The first-order chi connectivity index (χ1) is 9.47. The highest BCUT2D eigenvalue weighted by molar-refractivity contribution is 5.93. The number of nitrogens with one attached hydrogen (secondary N) is 1. The smallest absolute Gasteiger partial charge is 0.254 e. The highest BCUT2D eigenvalue weighted by atomic mass is 16.1. The standard InChI is InChI=1S/C15H20N4O/c1-11-5-6-12(14(7-11)18(2)3)8-16-15(20)13-9-17-19(4)10-13/h5-7,9-10H,8H2,1-4H3,(H,16,20). The summed E-state index contributed by atoms with van der Waals surface area (Å²) in [5.74, 6) is -0.108. The molecule has 0 aliphatic heterocycles. The second-order valence-corrected chi connectivity index (χ2v) is 5.11. The number of aryl methyl sites for hydroxylation is 2. The SMILES string of the molecule is Cc1ccc(CNC(=O)c2cnn(C)c2)c(N(C)C)c1. The van der Waals surface area contributed by atoms with E-state index in [1.165, 1.54) is 5.56 Å². The van der Waals surface area contributed by atoms with Crippen LogP contribution in [0.15, 0.2) is 30.6 Å². The number of hydrogen-bond donors (Lipinski definition) is 1. The zero-order valence-electron chi connectivity index (χ0n) is 12.3. The molecule has 2 aromatic rings. The molecule has 1 heterocycles. The van der Waals surface area contributed by atoms with Gasteiger partial charge in [0.1, 0.15) is 0 Å². The molecule has 1 aromatic carbocycles. The van der Waals surface area contributed by atoms with E-state index in [1.807, 2.05) is 20.2 Å². The third-order valence-corrected chi connectivity index (χ3v) is 3.13. The van der Waals surface area contributed by atoms with Crippen LogP contribution in [0.2, 0.25) is 0 Å². The maximum Gasteiger partial charge on any atom is 0.254 e. The molecule has 0 saturated heterocycles. The molecule has 20 heavy (non-hydrogen) atoms. The van der Waals surface area contributed by atoms with Crippen molar-refractivity contribution in [1.29, 1.82) is 0 Å². The third kappa shape index (κ3) is 3.17. The molecule has 0 bridgehead atoms. The van der Waals surface area contributed by atoms with Crippen LogP contribution in [0.3, 0.4) is 0 Å². The van der Waals surface area contributed by atoms with Gasteiger partial charge in [0.05, 0.1) is 11.8 Å². The van der Waals surface area contributed by atoms with Gasteiger partial charge in [-0.2, -0.15) is 5.10 Å². The zero-order chi connectivity index (χ0) is 14.7. The molecular weight excluding hydrogens is 252 g/mol. The molecule has 0 unspecified atom stereocenters. The topological polar surface area (TPSA) is 50.2 Å². The molecule has 0 saturated carbocycles. The quantitative estimate of drug-likeness (QED) is 0.922. The molecule has 0 spiro atoms. The summed E-state index contributed by atoms with van der Waals surface area (Å²) >= 11 is 0. The van der Waals surface area contributed by atoms with E-state index in [-0.39, 0.29) is 5.91 Å². The van der Waals surface area contributed by atoms with E-state index in [2.05, 4.69) is 34.4 Å². The fourth-order valence-electron chi connectivity index (χ4n) is 2.06. The molecule has 106 valence electrons. The van der Waals surface area contributed by atoms with Crippen molar-refractivity contribution in [2.75, 3.05) is 19.0 Å². The summed E-state index contributed by atoms with van der Waals surface area (Å²) in [5, 5.41) is 6.92. The van der Waals surface area contributed by atoms with Crippen LogP contribution in [0.1, 0.15) is 21.5 Å². The molecule has 1 N–H and O–H groups in total. The van der Waals surface area contributed by atoms with Crippen LogP contribution in [0.25, 0.3) is 0 Å². The number of nitrogens with zero attached hydrogens (tertiary/aromatic N) is 3. The van der Waals surface area contributed by atoms with Gasteiger partial charge in [-0.25, -0.2) is 0 Å². The Kier molecular flexibility index (Phi) is 4.08. The maximum atomic E-state index is 12.0. The van der Waals surface area contributed by atoms with Crippen molar-refractivity contribution in [3.05, 3.63) is 47.3 Å². The lowest BCUT2D eigenvalue weighted by atomic mass is 10.1. The second kappa shape index (κ2) is 5.77. The van der Waals surface area contributed by atoms with Gasteiger partial charge in [-0.3, -0.25) is 9.48 Å². The molecule has 1 amide bonds. The van der Waals surface area contributed by atoms with Crippen molar-refractivity contribution in [1.82, 2.24) is 15.1 Å². The number of carbonyl (C=O) groups is 1. The van der Waals surface area contributed by atoms with E-state index in [4.69, 9.17) is 0 Å². The molecule has 0 radical (unpaired) electrons. The highest BCUT2D eigenvalue weighted by Crippen LogP contribution is 2.20. The summed E-state index contributed by atoms with van der Waals surface area (Å²) in [7, 11) is 5.79. The summed E-state index contributed by atoms with van der Waals surface area (Å²) in [6.07, 6.45) is 3.27. The van der Waals surface area contributed by atoms with Gasteiger partial charge in [-0.15, -0.1) is 0 Å². The van der Waals surface area contributed by atoms with Crippen LogP contribution in [-0.4, -0.2) is 29.8 Å². The number of aromatic nitrogens is 2. The Morgan fingerprint density at radius 1 is 1.40 bits per heavy atom. The monoisotopic (exact) mass is 272 g/mol. The van der Waals surface area contributed by atoms with E-state index < -0.39 is 0 Å². The average molecular weight is 272 g/mol. The first kappa shape index (κ1) is 14.1. The van der Waals surface area contributed by atoms with Crippen molar-refractivity contribution in [3.8, 4) is 0 Å². The van der Waals surface area contributed by atoms with Crippen molar-refractivity contribution in [2.24, 2.45) is 7.05 Å². The van der Waals surface area contributed by atoms with Gasteiger partial charge in [-0.05, 0) is 24.1 Å². The average Bonchev–Trinajstić information content (AvgIpc) is 2.83. The van der Waals surface area contributed by atoms with Gasteiger partial charge >= 0.3 is 0 Å².